The topological polar surface area (TPSA) is 81.8 Å². The van der Waals surface area contributed by atoms with Crippen LogP contribution in [0.15, 0.2) is 0 Å². The van der Waals surface area contributed by atoms with Gasteiger partial charge >= 0.3 is 12.1 Å². The van der Waals surface area contributed by atoms with Gasteiger partial charge in [0.1, 0.15) is 5.54 Å². The van der Waals surface area contributed by atoms with Crippen LogP contribution in [0, 0.1) is 5.92 Å². The number of urea groups is 2. The smallest absolute Gasteiger partial charge is 0.322 e. The van der Waals surface area contributed by atoms with Crippen molar-refractivity contribution in [1.82, 2.24) is 20.4 Å². The molecule has 3 fully saturated rings. The average Bonchev–Trinajstić information content (AvgIpc) is 2.94. The molecule has 20 heavy (non-hydrogen) atoms. The highest BCUT2D eigenvalue weighted by Crippen LogP contribution is 2.26. The SMILES string of the molecule is CC1CCCN(C(=O)N2CCC3(C2)NC(=O)NC3=O)C1. The Hall–Kier alpha value is -1.79. The van der Waals surface area contributed by atoms with Crippen LogP contribution in [0.3, 0.4) is 0 Å². The lowest BCUT2D eigenvalue weighted by Crippen LogP contribution is -2.52. The number of likely N-dealkylation sites (tertiary alicyclic amines) is 2. The molecule has 0 aliphatic carbocycles. The quantitative estimate of drug-likeness (QED) is 0.618. The number of nitrogens with one attached hydrogen (secondary N) is 2. The molecule has 3 heterocycles. The fourth-order valence-electron chi connectivity index (χ4n) is 3.35. The Morgan fingerprint density at radius 3 is 2.75 bits per heavy atom. The number of piperidine rings is 1. The van der Waals surface area contributed by atoms with Gasteiger partial charge in [-0.15, -0.1) is 0 Å². The molecule has 0 aromatic heterocycles. The van der Waals surface area contributed by atoms with Gasteiger partial charge < -0.3 is 15.1 Å². The van der Waals surface area contributed by atoms with Gasteiger partial charge in [0.15, 0.2) is 0 Å². The molecule has 0 aromatic carbocycles. The molecule has 3 rings (SSSR count). The summed E-state index contributed by atoms with van der Waals surface area (Å²) in [5.74, 6) is 0.212. The zero-order valence-corrected chi connectivity index (χ0v) is 11.6. The van der Waals surface area contributed by atoms with E-state index in [1.807, 2.05) is 4.90 Å². The van der Waals surface area contributed by atoms with Crippen LogP contribution in [0.2, 0.25) is 0 Å². The molecule has 0 radical (unpaired) electrons. The van der Waals surface area contributed by atoms with E-state index in [0.29, 0.717) is 18.9 Å². The third kappa shape index (κ3) is 2.10. The standard InChI is InChI=1S/C13H20N4O3/c1-9-3-2-5-16(7-9)12(20)17-6-4-13(8-17)10(18)14-11(19)15-13/h9H,2-8H2,1H3,(H2,14,15,18,19). The van der Waals surface area contributed by atoms with Crippen molar-refractivity contribution in [3.05, 3.63) is 0 Å². The number of amides is 5. The molecule has 2 unspecified atom stereocenters. The van der Waals surface area contributed by atoms with Crippen LogP contribution < -0.4 is 10.6 Å². The fourth-order valence-corrected chi connectivity index (χ4v) is 3.35. The van der Waals surface area contributed by atoms with Crippen LogP contribution in [0.1, 0.15) is 26.2 Å². The first kappa shape index (κ1) is 13.2. The summed E-state index contributed by atoms with van der Waals surface area (Å²) in [5.41, 5.74) is -0.909. The number of hydrogen-bond acceptors (Lipinski definition) is 3. The van der Waals surface area contributed by atoms with Crippen LogP contribution in [0.4, 0.5) is 9.59 Å². The van der Waals surface area contributed by atoms with E-state index in [4.69, 9.17) is 0 Å². The minimum absolute atomic E-state index is 0.0117. The molecular weight excluding hydrogens is 260 g/mol. The molecule has 3 saturated heterocycles. The number of hydrogen-bond donors (Lipinski definition) is 2. The first-order valence-corrected chi connectivity index (χ1v) is 7.18. The second-order valence-corrected chi connectivity index (χ2v) is 6.14. The van der Waals surface area contributed by atoms with E-state index in [0.717, 1.165) is 25.9 Å². The Bertz CT molecular complexity index is 467. The highest BCUT2D eigenvalue weighted by Gasteiger charge is 2.52. The second kappa shape index (κ2) is 4.64. The highest BCUT2D eigenvalue weighted by atomic mass is 16.2. The molecule has 7 nitrogen and oxygen atoms in total. The van der Waals surface area contributed by atoms with E-state index >= 15 is 0 Å². The maximum atomic E-state index is 12.5. The highest BCUT2D eigenvalue weighted by molar-refractivity contribution is 6.07. The van der Waals surface area contributed by atoms with E-state index < -0.39 is 11.6 Å². The van der Waals surface area contributed by atoms with Crippen molar-refractivity contribution in [2.45, 2.75) is 31.7 Å². The second-order valence-electron chi connectivity index (χ2n) is 6.14. The predicted octanol–water partition coefficient (Wildman–Crippen LogP) is 0.122. The van der Waals surface area contributed by atoms with Crippen LogP contribution in [-0.2, 0) is 4.79 Å². The number of nitrogens with zero attached hydrogens (tertiary/aromatic N) is 2. The molecule has 2 atom stereocenters. The Morgan fingerprint density at radius 2 is 2.10 bits per heavy atom. The van der Waals surface area contributed by atoms with E-state index in [1.165, 1.54) is 0 Å². The molecule has 0 bridgehead atoms. The monoisotopic (exact) mass is 280 g/mol. The molecule has 5 amide bonds. The van der Waals surface area contributed by atoms with Gasteiger partial charge in [-0.05, 0) is 25.2 Å². The molecule has 7 heteroatoms. The lowest BCUT2D eigenvalue weighted by molar-refractivity contribution is -0.123. The number of carbonyl (C=O) groups excluding carboxylic acids is 3. The molecular formula is C13H20N4O3. The molecule has 1 spiro atoms. The molecule has 0 aromatic rings. The Labute approximate surface area is 117 Å². The van der Waals surface area contributed by atoms with Crippen molar-refractivity contribution in [2.24, 2.45) is 5.92 Å². The van der Waals surface area contributed by atoms with E-state index in [1.54, 1.807) is 4.90 Å². The van der Waals surface area contributed by atoms with Gasteiger partial charge in [0, 0.05) is 19.6 Å². The average molecular weight is 280 g/mol. The van der Waals surface area contributed by atoms with E-state index in [9.17, 15) is 14.4 Å². The summed E-state index contributed by atoms with van der Waals surface area (Å²) in [5, 5.41) is 4.92. The van der Waals surface area contributed by atoms with Crippen molar-refractivity contribution in [3.63, 3.8) is 0 Å². The Balaban J connectivity index is 1.66. The summed E-state index contributed by atoms with van der Waals surface area (Å²) in [6, 6.07) is -0.474. The zero-order valence-electron chi connectivity index (χ0n) is 11.6. The van der Waals surface area contributed by atoms with Crippen molar-refractivity contribution < 1.29 is 14.4 Å². The number of imide groups is 1. The zero-order chi connectivity index (χ0) is 14.3. The first-order valence-electron chi connectivity index (χ1n) is 7.18. The van der Waals surface area contributed by atoms with Gasteiger partial charge in [-0.1, -0.05) is 6.92 Å². The minimum atomic E-state index is -0.909. The summed E-state index contributed by atoms with van der Waals surface area (Å²) >= 11 is 0. The summed E-state index contributed by atoms with van der Waals surface area (Å²) in [7, 11) is 0. The summed E-state index contributed by atoms with van der Waals surface area (Å²) in [4.78, 5) is 39.2. The maximum Gasteiger partial charge on any atom is 0.322 e. The summed E-state index contributed by atoms with van der Waals surface area (Å²) in [6.07, 6.45) is 2.68. The fraction of sp³-hybridized carbons (Fsp3) is 0.769. The lowest BCUT2D eigenvalue weighted by Gasteiger charge is -2.34. The van der Waals surface area contributed by atoms with Gasteiger partial charge in [-0.3, -0.25) is 10.1 Å². The van der Waals surface area contributed by atoms with Crippen molar-refractivity contribution in [3.8, 4) is 0 Å². The number of carbonyl (C=O) groups is 3. The third-order valence-electron chi connectivity index (χ3n) is 4.48. The van der Waals surface area contributed by atoms with Crippen molar-refractivity contribution in [2.75, 3.05) is 26.2 Å². The van der Waals surface area contributed by atoms with Crippen LogP contribution in [-0.4, -0.2) is 59.5 Å². The van der Waals surface area contributed by atoms with E-state index in [-0.39, 0.29) is 18.5 Å². The lowest BCUT2D eigenvalue weighted by atomic mass is 9.99. The van der Waals surface area contributed by atoms with Gasteiger partial charge in [0.05, 0.1) is 6.54 Å². The molecule has 3 aliphatic rings. The largest absolute Gasteiger partial charge is 0.324 e. The van der Waals surface area contributed by atoms with Gasteiger partial charge in [0.2, 0.25) is 0 Å². The third-order valence-corrected chi connectivity index (χ3v) is 4.48. The maximum absolute atomic E-state index is 12.5. The molecule has 0 saturated carbocycles. The van der Waals surface area contributed by atoms with Crippen molar-refractivity contribution >= 4 is 18.0 Å². The Morgan fingerprint density at radius 1 is 1.30 bits per heavy atom. The van der Waals surface area contributed by atoms with Crippen LogP contribution in [0.5, 0.6) is 0 Å². The predicted molar refractivity (Wildman–Crippen MR) is 71.0 cm³/mol. The minimum Gasteiger partial charge on any atom is -0.324 e. The van der Waals surface area contributed by atoms with E-state index in [2.05, 4.69) is 17.6 Å². The molecule has 110 valence electrons. The molecule has 3 aliphatic heterocycles. The first-order chi connectivity index (χ1) is 9.50. The van der Waals surface area contributed by atoms with Gasteiger partial charge in [0.25, 0.3) is 5.91 Å². The van der Waals surface area contributed by atoms with Gasteiger partial charge in [-0.25, -0.2) is 9.59 Å². The summed E-state index contributed by atoms with van der Waals surface area (Å²) in [6.45, 7) is 4.49. The van der Waals surface area contributed by atoms with Crippen LogP contribution >= 0.6 is 0 Å². The number of rotatable bonds is 0. The van der Waals surface area contributed by atoms with Crippen LogP contribution in [0.25, 0.3) is 0 Å². The molecule has 2 N–H and O–H groups in total. The van der Waals surface area contributed by atoms with Crippen molar-refractivity contribution in [1.29, 1.82) is 0 Å². The Kier molecular flexibility index (Phi) is 3.07. The summed E-state index contributed by atoms with van der Waals surface area (Å²) < 4.78 is 0. The normalized spacial score (nSPS) is 33.5. The van der Waals surface area contributed by atoms with Gasteiger partial charge in [-0.2, -0.15) is 0 Å².